The Kier molecular flexibility index (Phi) is 5.38. The second-order valence-electron chi connectivity index (χ2n) is 6.33. The predicted octanol–water partition coefficient (Wildman–Crippen LogP) is 3.33. The minimum Gasteiger partial charge on any atom is -0.351 e. The third-order valence-electron chi connectivity index (χ3n) is 4.51. The van der Waals surface area contributed by atoms with E-state index in [1.165, 1.54) is 13.0 Å². The molecule has 4 nitrogen and oxygen atoms in total. The fourth-order valence-corrected chi connectivity index (χ4v) is 3.30. The van der Waals surface area contributed by atoms with E-state index in [-0.39, 0.29) is 11.9 Å². The zero-order valence-corrected chi connectivity index (χ0v) is 14.1. The zero-order valence-electron chi connectivity index (χ0n) is 14.1. The molecule has 3 rings (SSSR count). The van der Waals surface area contributed by atoms with Crippen molar-refractivity contribution in [1.82, 2.24) is 15.2 Å². The number of carbonyl (C=O) groups excluding carboxylic acids is 1. The van der Waals surface area contributed by atoms with Crippen LogP contribution in [0, 0.1) is 11.6 Å². The number of halogens is 2. The van der Waals surface area contributed by atoms with E-state index in [1.807, 2.05) is 12.1 Å². The van der Waals surface area contributed by atoms with E-state index in [4.69, 9.17) is 0 Å². The Morgan fingerprint density at radius 1 is 1.36 bits per heavy atom. The molecule has 1 amide bonds. The summed E-state index contributed by atoms with van der Waals surface area (Å²) in [6.07, 6.45) is 3.69. The van der Waals surface area contributed by atoms with Crippen LogP contribution in [-0.4, -0.2) is 22.3 Å². The fraction of sp³-hybridized carbons (Fsp3) is 0.368. The lowest BCUT2D eigenvalue weighted by Crippen LogP contribution is -2.24. The van der Waals surface area contributed by atoms with Gasteiger partial charge in [0.05, 0.1) is 12.2 Å². The van der Waals surface area contributed by atoms with Crippen LogP contribution in [0.2, 0.25) is 0 Å². The number of nitrogens with one attached hydrogen (secondary N) is 1. The summed E-state index contributed by atoms with van der Waals surface area (Å²) in [6.45, 7) is 3.06. The molecule has 0 radical (unpaired) electrons. The van der Waals surface area contributed by atoms with Gasteiger partial charge in [-0.2, -0.15) is 0 Å². The molecule has 2 heterocycles. The lowest BCUT2D eigenvalue weighted by molar-refractivity contribution is -0.119. The summed E-state index contributed by atoms with van der Waals surface area (Å²) in [6, 6.07) is 8.36. The predicted molar refractivity (Wildman–Crippen MR) is 90.5 cm³/mol. The average molecular weight is 345 g/mol. The van der Waals surface area contributed by atoms with Crippen LogP contribution in [0.25, 0.3) is 0 Å². The van der Waals surface area contributed by atoms with Crippen molar-refractivity contribution in [3.05, 3.63) is 65.0 Å². The average Bonchev–Trinajstić information content (AvgIpc) is 3.06. The number of rotatable bonds is 5. The Labute approximate surface area is 145 Å². The standard InChI is InChI=1S/C19H21F2N3O/c1-13(25)23-11-16-10-14(7-8-22-16)18-6-3-9-24(18)12-15-4-2-5-17(20)19(15)21/h2,4-5,7-8,10,18H,3,6,9,11-12H2,1H3,(H,23,25)/t18-/m0/s1. The van der Waals surface area contributed by atoms with E-state index >= 15 is 0 Å². The maximum Gasteiger partial charge on any atom is 0.217 e. The molecular weight excluding hydrogens is 324 g/mol. The molecule has 1 aromatic carbocycles. The summed E-state index contributed by atoms with van der Waals surface area (Å²) in [5.74, 6) is -1.68. The topological polar surface area (TPSA) is 45.2 Å². The maximum atomic E-state index is 14.0. The van der Waals surface area contributed by atoms with E-state index in [0.29, 0.717) is 18.7 Å². The Morgan fingerprint density at radius 3 is 3.00 bits per heavy atom. The molecule has 0 saturated carbocycles. The summed E-state index contributed by atoms with van der Waals surface area (Å²) in [7, 11) is 0. The largest absolute Gasteiger partial charge is 0.351 e. The summed E-state index contributed by atoms with van der Waals surface area (Å²) < 4.78 is 27.4. The van der Waals surface area contributed by atoms with Crippen molar-refractivity contribution in [3.63, 3.8) is 0 Å². The van der Waals surface area contributed by atoms with Crippen LogP contribution in [0.3, 0.4) is 0 Å². The second-order valence-corrected chi connectivity index (χ2v) is 6.33. The zero-order chi connectivity index (χ0) is 17.8. The van der Waals surface area contributed by atoms with Gasteiger partial charge in [0.1, 0.15) is 0 Å². The van der Waals surface area contributed by atoms with Gasteiger partial charge < -0.3 is 5.32 Å². The first-order valence-corrected chi connectivity index (χ1v) is 8.41. The van der Waals surface area contributed by atoms with Crippen molar-refractivity contribution in [2.75, 3.05) is 6.54 Å². The van der Waals surface area contributed by atoms with Gasteiger partial charge in [0, 0.05) is 31.3 Å². The molecule has 25 heavy (non-hydrogen) atoms. The Balaban J connectivity index is 1.76. The van der Waals surface area contributed by atoms with Crippen LogP contribution < -0.4 is 5.32 Å². The van der Waals surface area contributed by atoms with Crippen molar-refractivity contribution in [2.24, 2.45) is 0 Å². The summed E-state index contributed by atoms with van der Waals surface area (Å²) >= 11 is 0. The fourth-order valence-electron chi connectivity index (χ4n) is 3.30. The van der Waals surface area contributed by atoms with Crippen molar-refractivity contribution >= 4 is 5.91 Å². The van der Waals surface area contributed by atoms with Gasteiger partial charge in [-0.15, -0.1) is 0 Å². The molecule has 6 heteroatoms. The lowest BCUT2D eigenvalue weighted by Gasteiger charge is -2.25. The van der Waals surface area contributed by atoms with Gasteiger partial charge in [0.25, 0.3) is 0 Å². The molecule has 1 aliphatic heterocycles. The third-order valence-corrected chi connectivity index (χ3v) is 4.51. The number of nitrogens with zero attached hydrogens (tertiary/aromatic N) is 2. The molecule has 1 N–H and O–H groups in total. The Bertz CT molecular complexity index is 766. The first-order chi connectivity index (χ1) is 12.0. The molecule has 0 aliphatic carbocycles. The van der Waals surface area contributed by atoms with Crippen LogP contribution >= 0.6 is 0 Å². The summed E-state index contributed by atoms with van der Waals surface area (Å²) in [5, 5.41) is 2.74. The first kappa shape index (κ1) is 17.5. The molecule has 0 bridgehead atoms. The van der Waals surface area contributed by atoms with E-state index in [1.54, 1.807) is 12.3 Å². The van der Waals surface area contributed by atoms with Gasteiger partial charge in [-0.05, 0) is 43.1 Å². The molecule has 2 aromatic rings. The molecular formula is C19H21F2N3O. The molecule has 132 valence electrons. The smallest absolute Gasteiger partial charge is 0.217 e. The van der Waals surface area contributed by atoms with E-state index in [2.05, 4.69) is 15.2 Å². The number of hydrogen-bond acceptors (Lipinski definition) is 3. The molecule has 0 spiro atoms. The lowest BCUT2D eigenvalue weighted by atomic mass is 10.0. The number of carbonyl (C=O) groups is 1. The van der Waals surface area contributed by atoms with Gasteiger partial charge in [-0.3, -0.25) is 14.7 Å². The highest BCUT2D eigenvalue weighted by Gasteiger charge is 2.27. The van der Waals surface area contributed by atoms with E-state index < -0.39 is 11.6 Å². The molecule has 0 unspecified atom stereocenters. The number of likely N-dealkylation sites (tertiary alicyclic amines) is 1. The van der Waals surface area contributed by atoms with Crippen LogP contribution in [-0.2, 0) is 17.9 Å². The Hall–Kier alpha value is -2.34. The van der Waals surface area contributed by atoms with Gasteiger partial charge >= 0.3 is 0 Å². The quantitative estimate of drug-likeness (QED) is 0.904. The number of hydrogen-bond donors (Lipinski definition) is 1. The number of aromatic nitrogens is 1. The van der Waals surface area contributed by atoms with Crippen molar-refractivity contribution in [1.29, 1.82) is 0 Å². The summed E-state index contributed by atoms with van der Waals surface area (Å²) in [4.78, 5) is 17.5. The van der Waals surface area contributed by atoms with Crippen LogP contribution in [0.15, 0.2) is 36.5 Å². The maximum absolute atomic E-state index is 14.0. The minimum atomic E-state index is -0.810. The SMILES string of the molecule is CC(=O)NCc1cc([C@@H]2CCCN2Cc2cccc(F)c2F)ccn1. The molecule has 1 fully saturated rings. The van der Waals surface area contributed by atoms with Crippen LogP contribution in [0.1, 0.15) is 42.6 Å². The highest BCUT2D eigenvalue weighted by atomic mass is 19.2. The highest BCUT2D eigenvalue weighted by Crippen LogP contribution is 2.33. The summed E-state index contributed by atoms with van der Waals surface area (Å²) in [5.41, 5.74) is 2.25. The minimum absolute atomic E-state index is 0.101. The van der Waals surface area contributed by atoms with E-state index in [9.17, 15) is 13.6 Å². The van der Waals surface area contributed by atoms with Crippen molar-refractivity contribution < 1.29 is 13.6 Å². The molecule has 1 aromatic heterocycles. The number of pyridine rings is 1. The molecule has 1 aliphatic rings. The van der Waals surface area contributed by atoms with Gasteiger partial charge in [0.2, 0.25) is 5.91 Å². The molecule has 1 saturated heterocycles. The van der Waals surface area contributed by atoms with E-state index in [0.717, 1.165) is 36.7 Å². The third kappa shape index (κ3) is 4.20. The molecule has 1 atom stereocenters. The van der Waals surface area contributed by atoms with Gasteiger partial charge in [-0.1, -0.05) is 12.1 Å². The van der Waals surface area contributed by atoms with Crippen LogP contribution in [0.5, 0.6) is 0 Å². The van der Waals surface area contributed by atoms with Gasteiger partial charge in [-0.25, -0.2) is 8.78 Å². The number of benzene rings is 1. The van der Waals surface area contributed by atoms with Crippen molar-refractivity contribution in [2.45, 2.75) is 38.9 Å². The number of amides is 1. The van der Waals surface area contributed by atoms with Gasteiger partial charge in [0.15, 0.2) is 11.6 Å². The van der Waals surface area contributed by atoms with Crippen molar-refractivity contribution in [3.8, 4) is 0 Å². The Morgan fingerprint density at radius 2 is 2.20 bits per heavy atom. The van der Waals surface area contributed by atoms with Crippen LogP contribution in [0.4, 0.5) is 8.78 Å². The highest BCUT2D eigenvalue weighted by molar-refractivity contribution is 5.72. The first-order valence-electron chi connectivity index (χ1n) is 8.41. The monoisotopic (exact) mass is 345 g/mol. The normalized spacial score (nSPS) is 17.6. The second kappa shape index (κ2) is 7.70.